The van der Waals surface area contributed by atoms with Crippen LogP contribution in [-0.2, 0) is 6.54 Å². The zero-order chi connectivity index (χ0) is 18.4. The van der Waals surface area contributed by atoms with Gasteiger partial charge in [0.1, 0.15) is 0 Å². The summed E-state index contributed by atoms with van der Waals surface area (Å²) in [4.78, 5) is 17.7. The summed E-state index contributed by atoms with van der Waals surface area (Å²) in [6, 6.07) is 13.5. The lowest BCUT2D eigenvalue weighted by molar-refractivity contribution is 0.237. The molecule has 3 rings (SSSR count). The molecule has 0 unspecified atom stereocenters. The summed E-state index contributed by atoms with van der Waals surface area (Å²) in [6.07, 6.45) is 7.28. The van der Waals surface area contributed by atoms with Crippen molar-refractivity contribution in [3.05, 3.63) is 72.2 Å². The SMILES string of the molecule is CSc1ccc([C@H](C)NC(=O)NCc2ccnc(-n3cccn3)c2)cc1. The first-order valence-corrected chi connectivity index (χ1v) is 9.51. The standard InChI is InChI=1S/C19H21N5OS/c1-14(16-4-6-17(26-2)7-5-16)23-19(25)21-13-15-8-10-20-18(12-15)24-11-3-9-22-24/h3-12,14H,13H2,1-2H3,(H2,21,23,25)/t14-/m0/s1. The van der Waals surface area contributed by atoms with Crippen LogP contribution < -0.4 is 10.6 Å². The van der Waals surface area contributed by atoms with E-state index in [1.807, 2.05) is 49.7 Å². The van der Waals surface area contributed by atoms with Gasteiger partial charge in [0, 0.05) is 30.0 Å². The Balaban J connectivity index is 1.54. The van der Waals surface area contributed by atoms with Crippen molar-refractivity contribution in [1.82, 2.24) is 25.4 Å². The summed E-state index contributed by atoms with van der Waals surface area (Å²) >= 11 is 1.70. The molecular formula is C19H21N5OS. The second-order valence-corrected chi connectivity index (χ2v) is 6.67. The van der Waals surface area contributed by atoms with Gasteiger partial charge in [-0.2, -0.15) is 5.10 Å². The number of thioether (sulfide) groups is 1. The topological polar surface area (TPSA) is 71.8 Å². The number of aromatic nitrogens is 3. The Labute approximate surface area is 157 Å². The fourth-order valence-corrected chi connectivity index (χ4v) is 2.91. The average molecular weight is 367 g/mol. The minimum Gasteiger partial charge on any atom is -0.334 e. The Morgan fingerprint density at radius 1 is 1.23 bits per heavy atom. The molecule has 1 atom stereocenters. The van der Waals surface area contributed by atoms with E-state index < -0.39 is 0 Å². The number of nitrogens with zero attached hydrogens (tertiary/aromatic N) is 3. The van der Waals surface area contributed by atoms with Gasteiger partial charge in [-0.25, -0.2) is 14.5 Å². The van der Waals surface area contributed by atoms with E-state index in [1.54, 1.807) is 28.8 Å². The van der Waals surface area contributed by atoms with Crippen molar-refractivity contribution in [2.45, 2.75) is 24.4 Å². The molecule has 134 valence electrons. The van der Waals surface area contributed by atoms with Crippen molar-refractivity contribution in [2.75, 3.05) is 6.26 Å². The number of hydrogen-bond acceptors (Lipinski definition) is 4. The lowest BCUT2D eigenvalue weighted by Crippen LogP contribution is -2.36. The zero-order valence-electron chi connectivity index (χ0n) is 14.7. The number of hydrogen-bond donors (Lipinski definition) is 2. The predicted molar refractivity (Wildman–Crippen MR) is 103 cm³/mol. The highest BCUT2D eigenvalue weighted by Gasteiger charge is 2.09. The van der Waals surface area contributed by atoms with Gasteiger partial charge in [0.15, 0.2) is 5.82 Å². The maximum atomic E-state index is 12.2. The van der Waals surface area contributed by atoms with Crippen molar-refractivity contribution in [1.29, 1.82) is 0 Å². The highest BCUT2D eigenvalue weighted by Crippen LogP contribution is 2.18. The summed E-state index contributed by atoms with van der Waals surface area (Å²) < 4.78 is 1.68. The first-order chi connectivity index (χ1) is 12.7. The zero-order valence-corrected chi connectivity index (χ0v) is 15.5. The summed E-state index contributed by atoms with van der Waals surface area (Å²) in [7, 11) is 0. The van der Waals surface area contributed by atoms with Crippen molar-refractivity contribution in [3.8, 4) is 5.82 Å². The van der Waals surface area contributed by atoms with Gasteiger partial charge in [-0.05, 0) is 54.6 Å². The summed E-state index contributed by atoms with van der Waals surface area (Å²) in [5.41, 5.74) is 2.03. The lowest BCUT2D eigenvalue weighted by atomic mass is 10.1. The van der Waals surface area contributed by atoms with Crippen LogP contribution in [0.1, 0.15) is 24.1 Å². The van der Waals surface area contributed by atoms with E-state index >= 15 is 0 Å². The molecule has 6 nitrogen and oxygen atoms in total. The normalized spacial score (nSPS) is 11.8. The van der Waals surface area contributed by atoms with Crippen LogP contribution in [-0.4, -0.2) is 27.1 Å². The number of amides is 2. The molecule has 0 saturated heterocycles. The third kappa shape index (κ3) is 4.64. The minimum absolute atomic E-state index is 0.0667. The van der Waals surface area contributed by atoms with Crippen molar-refractivity contribution >= 4 is 17.8 Å². The summed E-state index contributed by atoms with van der Waals surface area (Å²) in [6.45, 7) is 2.39. The number of benzene rings is 1. The molecule has 3 aromatic rings. The van der Waals surface area contributed by atoms with E-state index in [0.717, 1.165) is 16.9 Å². The molecule has 0 aliphatic rings. The Morgan fingerprint density at radius 3 is 2.73 bits per heavy atom. The quantitative estimate of drug-likeness (QED) is 0.654. The van der Waals surface area contributed by atoms with Gasteiger partial charge in [0.25, 0.3) is 0 Å². The van der Waals surface area contributed by atoms with Gasteiger partial charge < -0.3 is 10.6 Å². The Kier molecular flexibility index (Phi) is 5.91. The van der Waals surface area contributed by atoms with E-state index in [9.17, 15) is 4.79 Å². The molecule has 1 aromatic carbocycles. The Hall–Kier alpha value is -2.80. The van der Waals surface area contributed by atoms with Gasteiger partial charge in [-0.15, -0.1) is 11.8 Å². The fourth-order valence-electron chi connectivity index (χ4n) is 2.51. The van der Waals surface area contributed by atoms with E-state index in [4.69, 9.17) is 0 Å². The van der Waals surface area contributed by atoms with Gasteiger partial charge in [-0.3, -0.25) is 0 Å². The summed E-state index contributed by atoms with van der Waals surface area (Å²) in [5.74, 6) is 0.719. The van der Waals surface area contributed by atoms with Crippen LogP contribution >= 0.6 is 11.8 Å². The molecule has 0 aliphatic carbocycles. The number of rotatable bonds is 6. The first-order valence-electron chi connectivity index (χ1n) is 8.29. The van der Waals surface area contributed by atoms with Crippen LogP contribution in [0.2, 0.25) is 0 Å². The molecule has 0 saturated carbocycles. The van der Waals surface area contributed by atoms with E-state index in [1.165, 1.54) is 4.90 Å². The van der Waals surface area contributed by atoms with E-state index in [-0.39, 0.29) is 12.1 Å². The Morgan fingerprint density at radius 2 is 2.04 bits per heavy atom. The lowest BCUT2D eigenvalue weighted by Gasteiger charge is -2.15. The molecule has 2 N–H and O–H groups in total. The Bertz CT molecular complexity index is 849. The maximum Gasteiger partial charge on any atom is 0.315 e. The molecule has 0 bridgehead atoms. The molecule has 2 aromatic heterocycles. The first kappa shape index (κ1) is 18.0. The molecule has 7 heteroatoms. The highest BCUT2D eigenvalue weighted by atomic mass is 32.2. The second kappa shape index (κ2) is 8.53. The largest absolute Gasteiger partial charge is 0.334 e. The third-order valence-corrected chi connectivity index (χ3v) is 4.71. The molecule has 2 heterocycles. The van der Waals surface area contributed by atoms with Crippen molar-refractivity contribution in [3.63, 3.8) is 0 Å². The van der Waals surface area contributed by atoms with Crippen molar-refractivity contribution < 1.29 is 4.79 Å². The van der Waals surface area contributed by atoms with Crippen LogP contribution in [0.5, 0.6) is 0 Å². The van der Waals surface area contributed by atoms with E-state index in [2.05, 4.69) is 32.8 Å². The van der Waals surface area contributed by atoms with Crippen LogP contribution in [0.4, 0.5) is 4.79 Å². The number of pyridine rings is 1. The molecule has 0 radical (unpaired) electrons. The fraction of sp³-hybridized carbons (Fsp3) is 0.211. The number of carbonyl (C=O) groups excluding carboxylic acids is 1. The molecule has 0 fully saturated rings. The average Bonchev–Trinajstić information content (AvgIpc) is 3.21. The van der Waals surface area contributed by atoms with Crippen LogP contribution in [0.3, 0.4) is 0 Å². The van der Waals surface area contributed by atoms with Crippen LogP contribution in [0.25, 0.3) is 5.82 Å². The van der Waals surface area contributed by atoms with E-state index in [0.29, 0.717) is 6.54 Å². The number of urea groups is 1. The number of carbonyl (C=O) groups is 1. The third-order valence-electron chi connectivity index (χ3n) is 3.97. The van der Waals surface area contributed by atoms with Crippen LogP contribution in [0, 0.1) is 0 Å². The van der Waals surface area contributed by atoms with Gasteiger partial charge in [-0.1, -0.05) is 12.1 Å². The van der Waals surface area contributed by atoms with Gasteiger partial charge in [0.2, 0.25) is 0 Å². The maximum absolute atomic E-state index is 12.2. The smallest absolute Gasteiger partial charge is 0.315 e. The number of nitrogens with one attached hydrogen (secondary N) is 2. The predicted octanol–water partition coefficient (Wildman–Crippen LogP) is 3.55. The minimum atomic E-state index is -0.205. The second-order valence-electron chi connectivity index (χ2n) is 5.79. The molecule has 0 aliphatic heterocycles. The molecule has 2 amide bonds. The molecule has 0 spiro atoms. The van der Waals surface area contributed by atoms with Crippen molar-refractivity contribution in [2.24, 2.45) is 0 Å². The summed E-state index contributed by atoms with van der Waals surface area (Å²) in [5, 5.41) is 10.0. The molecule has 26 heavy (non-hydrogen) atoms. The highest BCUT2D eigenvalue weighted by molar-refractivity contribution is 7.98. The van der Waals surface area contributed by atoms with Gasteiger partial charge >= 0.3 is 6.03 Å². The monoisotopic (exact) mass is 367 g/mol. The van der Waals surface area contributed by atoms with Crippen LogP contribution in [0.15, 0.2) is 66.0 Å². The van der Waals surface area contributed by atoms with Gasteiger partial charge in [0.05, 0.1) is 6.04 Å². The molecular weight excluding hydrogens is 346 g/mol.